The highest BCUT2D eigenvalue weighted by atomic mass is 32.2. The van der Waals surface area contributed by atoms with E-state index in [1.165, 1.54) is 88.3 Å². The topological polar surface area (TPSA) is 49.4 Å². The van der Waals surface area contributed by atoms with Crippen LogP contribution in [0.1, 0.15) is 87.8 Å². The Bertz CT molecular complexity index is 846. The summed E-state index contributed by atoms with van der Waals surface area (Å²) in [5, 5.41) is 0. The molecule has 0 aromatic heterocycles. The summed E-state index contributed by atoms with van der Waals surface area (Å²) in [4.78, 5) is 2.82. The van der Waals surface area contributed by atoms with E-state index in [2.05, 4.69) is 33.9 Å². The molecule has 1 aliphatic heterocycles. The Morgan fingerprint density at radius 2 is 1.53 bits per heavy atom. The van der Waals surface area contributed by atoms with Crippen LogP contribution in [-0.4, -0.2) is 38.7 Å². The molecule has 1 aromatic rings. The summed E-state index contributed by atoms with van der Waals surface area (Å²) >= 11 is 0. The van der Waals surface area contributed by atoms with Crippen molar-refractivity contribution in [1.29, 1.82) is 0 Å². The van der Waals surface area contributed by atoms with E-state index in [1.54, 1.807) is 0 Å². The Morgan fingerprint density at radius 1 is 0.900 bits per heavy atom. The predicted molar refractivity (Wildman–Crippen MR) is 122 cm³/mol. The zero-order chi connectivity index (χ0) is 20.8. The van der Waals surface area contributed by atoms with Crippen LogP contribution in [0.15, 0.2) is 24.3 Å². The summed E-state index contributed by atoms with van der Waals surface area (Å²) in [5.41, 5.74) is 2.86. The summed E-state index contributed by atoms with van der Waals surface area (Å²) in [6.45, 7) is 2.41. The smallest absolute Gasteiger partial charge is 0.209 e. The second kappa shape index (κ2) is 8.22. The molecule has 1 heterocycles. The second-order valence-corrected chi connectivity index (χ2v) is 12.5. The first kappa shape index (κ1) is 21.0. The molecule has 5 rings (SSSR count). The number of piperidine rings is 1. The van der Waals surface area contributed by atoms with Crippen LogP contribution in [-0.2, 0) is 15.4 Å². The fraction of sp³-hybridized carbons (Fsp3) is 0.760. The van der Waals surface area contributed by atoms with Crippen molar-refractivity contribution in [3.63, 3.8) is 0 Å². The number of fused-ring (bicyclic) bond motifs is 4. The van der Waals surface area contributed by atoms with E-state index in [0.717, 1.165) is 30.7 Å². The van der Waals surface area contributed by atoms with Gasteiger partial charge >= 0.3 is 0 Å². The Kier molecular flexibility index (Phi) is 5.74. The Labute approximate surface area is 182 Å². The van der Waals surface area contributed by atoms with Crippen LogP contribution in [0.5, 0.6) is 0 Å². The molecule has 2 saturated carbocycles. The van der Waals surface area contributed by atoms with Gasteiger partial charge in [-0.3, -0.25) is 0 Å². The van der Waals surface area contributed by atoms with Gasteiger partial charge in [0.15, 0.2) is 0 Å². The molecule has 1 N–H and O–H groups in total. The number of benzene rings is 1. The maximum atomic E-state index is 11.9. The lowest BCUT2D eigenvalue weighted by atomic mass is 9.63. The quantitative estimate of drug-likeness (QED) is 0.752. The van der Waals surface area contributed by atoms with E-state index in [9.17, 15) is 8.42 Å². The van der Waals surface area contributed by atoms with Crippen LogP contribution in [0, 0.1) is 11.8 Å². The number of sulfonamides is 1. The zero-order valence-corrected chi connectivity index (χ0v) is 19.3. The van der Waals surface area contributed by atoms with Crippen LogP contribution in [0.3, 0.4) is 0 Å². The van der Waals surface area contributed by atoms with Gasteiger partial charge < -0.3 is 4.90 Å². The average Bonchev–Trinajstić information content (AvgIpc) is 3.20. The lowest BCUT2D eigenvalue weighted by Crippen LogP contribution is -2.49. The highest BCUT2D eigenvalue weighted by Gasteiger charge is 2.43. The minimum atomic E-state index is -3.20. The third-order valence-electron chi connectivity index (χ3n) is 8.91. The third kappa shape index (κ3) is 4.22. The highest BCUT2D eigenvalue weighted by Crippen LogP contribution is 2.49. The fourth-order valence-electron chi connectivity index (χ4n) is 7.28. The Hall–Kier alpha value is -0.910. The molecule has 2 bridgehead atoms. The van der Waals surface area contributed by atoms with Gasteiger partial charge in [-0.25, -0.2) is 13.1 Å². The summed E-state index contributed by atoms with van der Waals surface area (Å²) in [5.74, 6) is 2.02. The van der Waals surface area contributed by atoms with Crippen molar-refractivity contribution < 1.29 is 8.42 Å². The molecule has 0 radical (unpaired) electrons. The van der Waals surface area contributed by atoms with Gasteiger partial charge in [-0.1, -0.05) is 37.1 Å². The van der Waals surface area contributed by atoms with Crippen LogP contribution in [0.2, 0.25) is 0 Å². The first-order valence-electron chi connectivity index (χ1n) is 12.2. The van der Waals surface area contributed by atoms with Gasteiger partial charge in [0.05, 0.1) is 6.26 Å². The first-order valence-corrected chi connectivity index (χ1v) is 14.1. The molecular formula is C25H38N2O2S. The maximum Gasteiger partial charge on any atom is 0.209 e. The standard InChI is InChI=1S/C25H38N2O2S/c1-30(28,29)26-24-12-13-25(23-5-3-2-4-22(23)24)14-16-27(17-15-25)21-10-8-19-6-7-20(18-19)9-11-21/h2-5,19-21,24,26H,6-18H2,1H3/t19-,20?,21+,24-/m0/s1. The molecule has 1 unspecified atom stereocenters. The lowest BCUT2D eigenvalue weighted by Gasteiger charge is -2.49. The largest absolute Gasteiger partial charge is 0.300 e. The number of likely N-dealkylation sites (tertiary alicyclic amines) is 1. The Morgan fingerprint density at radius 3 is 2.20 bits per heavy atom. The minimum Gasteiger partial charge on any atom is -0.300 e. The van der Waals surface area contributed by atoms with E-state index in [1.807, 2.05) is 0 Å². The van der Waals surface area contributed by atoms with Crippen LogP contribution < -0.4 is 4.72 Å². The monoisotopic (exact) mass is 430 g/mol. The van der Waals surface area contributed by atoms with Crippen LogP contribution in [0.4, 0.5) is 0 Å². The maximum absolute atomic E-state index is 11.9. The molecule has 4 atom stereocenters. The van der Waals surface area contributed by atoms with Gasteiger partial charge in [-0.15, -0.1) is 0 Å². The van der Waals surface area contributed by atoms with Gasteiger partial charge in [-0.05, 0) is 99.3 Å². The number of hydrogen-bond donors (Lipinski definition) is 1. The van der Waals surface area contributed by atoms with E-state index < -0.39 is 10.0 Å². The molecule has 3 aliphatic carbocycles. The average molecular weight is 431 g/mol. The van der Waals surface area contributed by atoms with Crippen LogP contribution in [0.25, 0.3) is 0 Å². The van der Waals surface area contributed by atoms with Gasteiger partial charge in [0.25, 0.3) is 0 Å². The van der Waals surface area contributed by atoms with Crippen molar-refractivity contribution in [2.24, 2.45) is 11.8 Å². The summed E-state index contributed by atoms with van der Waals surface area (Å²) < 4.78 is 26.6. The van der Waals surface area contributed by atoms with Crippen molar-refractivity contribution in [3.05, 3.63) is 35.4 Å². The normalized spacial score (nSPS) is 34.3. The zero-order valence-electron chi connectivity index (χ0n) is 18.5. The molecule has 1 saturated heterocycles. The number of nitrogens with one attached hydrogen (secondary N) is 1. The molecule has 1 spiro atoms. The molecule has 5 heteroatoms. The second-order valence-electron chi connectivity index (χ2n) is 10.7. The molecule has 0 amide bonds. The number of nitrogens with zero attached hydrogens (tertiary/aromatic N) is 1. The van der Waals surface area contributed by atoms with E-state index in [-0.39, 0.29) is 11.5 Å². The summed E-state index contributed by atoms with van der Waals surface area (Å²) in [7, 11) is -3.20. The van der Waals surface area contributed by atoms with Gasteiger partial charge in [-0.2, -0.15) is 0 Å². The summed E-state index contributed by atoms with van der Waals surface area (Å²) in [6.07, 6.45) is 15.9. The lowest BCUT2D eigenvalue weighted by molar-refractivity contribution is 0.0839. The van der Waals surface area contributed by atoms with Crippen molar-refractivity contribution in [2.45, 2.75) is 88.1 Å². The SMILES string of the molecule is CS(=O)(=O)N[C@H]1CCC2(CCN([C@H]3CCC4CC[C@@H](CC3)C4)CC2)c2ccccc21. The van der Waals surface area contributed by atoms with Gasteiger partial charge in [0.1, 0.15) is 0 Å². The first-order chi connectivity index (χ1) is 14.4. The third-order valence-corrected chi connectivity index (χ3v) is 9.63. The molecule has 3 fully saturated rings. The van der Waals surface area contributed by atoms with Gasteiger partial charge in [0.2, 0.25) is 10.0 Å². The van der Waals surface area contributed by atoms with E-state index >= 15 is 0 Å². The predicted octanol–water partition coefficient (Wildman–Crippen LogP) is 4.76. The van der Waals surface area contributed by atoms with E-state index in [0.29, 0.717) is 0 Å². The fourth-order valence-corrected chi connectivity index (χ4v) is 8.04. The molecule has 1 aromatic carbocycles. The molecule has 4 nitrogen and oxygen atoms in total. The summed E-state index contributed by atoms with van der Waals surface area (Å²) in [6, 6.07) is 9.35. The van der Waals surface area contributed by atoms with Crippen molar-refractivity contribution in [2.75, 3.05) is 19.3 Å². The number of hydrogen-bond acceptors (Lipinski definition) is 3. The molecule has 166 valence electrons. The van der Waals surface area contributed by atoms with Crippen molar-refractivity contribution >= 4 is 10.0 Å². The molecule has 30 heavy (non-hydrogen) atoms. The van der Waals surface area contributed by atoms with Crippen molar-refractivity contribution in [1.82, 2.24) is 9.62 Å². The Balaban J connectivity index is 1.29. The van der Waals surface area contributed by atoms with E-state index in [4.69, 9.17) is 0 Å². The number of rotatable bonds is 3. The minimum absolute atomic E-state index is 0.0686. The van der Waals surface area contributed by atoms with Gasteiger partial charge in [0, 0.05) is 12.1 Å². The van der Waals surface area contributed by atoms with Crippen molar-refractivity contribution in [3.8, 4) is 0 Å². The van der Waals surface area contributed by atoms with Crippen LogP contribution >= 0.6 is 0 Å². The highest BCUT2D eigenvalue weighted by molar-refractivity contribution is 7.88. The molecule has 4 aliphatic rings. The molecular weight excluding hydrogens is 392 g/mol.